The second-order valence-corrected chi connectivity index (χ2v) is 5.09. The van der Waals surface area contributed by atoms with Gasteiger partial charge in [0.2, 0.25) is 0 Å². The monoisotopic (exact) mass is 238 g/mol. The Kier molecular flexibility index (Phi) is 5.28. The lowest BCUT2D eigenvalue weighted by atomic mass is 10.1. The average Bonchev–Trinajstić information content (AvgIpc) is 2.36. The number of hydrogen-bond acceptors (Lipinski definition) is 3. The predicted octanol–water partition coefficient (Wildman–Crippen LogP) is 3.07. The molecule has 0 unspecified atom stereocenters. The highest BCUT2D eigenvalue weighted by molar-refractivity contribution is 7.59. The Hall–Kier alpha value is -1.07. The molecular formula is C12H15O3P. The van der Waals surface area contributed by atoms with Gasteiger partial charge in [-0.3, -0.25) is 0 Å². The van der Waals surface area contributed by atoms with Gasteiger partial charge < -0.3 is 9.05 Å². The van der Waals surface area contributed by atoms with Crippen molar-refractivity contribution in [3.05, 3.63) is 35.9 Å². The van der Waals surface area contributed by atoms with Crippen LogP contribution in [0.3, 0.4) is 0 Å². The van der Waals surface area contributed by atoms with Gasteiger partial charge >= 0.3 is 7.60 Å². The standard InChI is InChI=1S/C12H15O3P/c1-14-16(13,15-2)11-7-6-10-12-8-4-3-5-9-12/h3-5,8-9H,6,10H2,1-2H3. The van der Waals surface area contributed by atoms with Crippen LogP contribution in [-0.4, -0.2) is 14.2 Å². The van der Waals surface area contributed by atoms with Gasteiger partial charge in [0.05, 0.1) is 0 Å². The molecule has 0 aliphatic rings. The van der Waals surface area contributed by atoms with E-state index < -0.39 is 7.60 Å². The number of rotatable bonds is 4. The minimum atomic E-state index is -3.16. The SMILES string of the molecule is COP(=O)(C#CCCc1ccccc1)OC. The molecule has 0 N–H and O–H groups in total. The summed E-state index contributed by atoms with van der Waals surface area (Å²) in [6.07, 6.45) is 1.47. The lowest BCUT2D eigenvalue weighted by Gasteiger charge is -2.04. The van der Waals surface area contributed by atoms with E-state index in [9.17, 15) is 4.57 Å². The molecule has 0 bridgehead atoms. The van der Waals surface area contributed by atoms with Crippen molar-refractivity contribution in [1.29, 1.82) is 0 Å². The van der Waals surface area contributed by atoms with Gasteiger partial charge in [0.15, 0.2) is 0 Å². The smallest absolute Gasteiger partial charge is 0.303 e. The summed E-state index contributed by atoms with van der Waals surface area (Å²) in [5.41, 5.74) is 3.74. The van der Waals surface area contributed by atoms with Gasteiger partial charge in [0.25, 0.3) is 0 Å². The molecule has 1 aromatic rings. The van der Waals surface area contributed by atoms with E-state index in [-0.39, 0.29) is 0 Å². The molecule has 4 heteroatoms. The molecule has 0 amide bonds. The minimum Gasteiger partial charge on any atom is -0.303 e. The lowest BCUT2D eigenvalue weighted by Crippen LogP contribution is -1.85. The van der Waals surface area contributed by atoms with Crippen LogP contribution >= 0.6 is 7.60 Å². The predicted molar refractivity (Wildman–Crippen MR) is 64.2 cm³/mol. The Morgan fingerprint density at radius 1 is 1.19 bits per heavy atom. The van der Waals surface area contributed by atoms with Crippen molar-refractivity contribution in [2.75, 3.05) is 14.2 Å². The molecular weight excluding hydrogens is 223 g/mol. The summed E-state index contributed by atoms with van der Waals surface area (Å²) in [4.78, 5) is 0. The van der Waals surface area contributed by atoms with Crippen LogP contribution in [-0.2, 0) is 20.0 Å². The van der Waals surface area contributed by atoms with Gasteiger partial charge in [-0.1, -0.05) is 36.3 Å². The second-order valence-electron chi connectivity index (χ2n) is 3.14. The molecule has 0 heterocycles. The number of aryl methyl sites for hydroxylation is 1. The summed E-state index contributed by atoms with van der Waals surface area (Å²) in [5.74, 6) is 2.81. The van der Waals surface area contributed by atoms with Crippen molar-refractivity contribution in [3.8, 4) is 11.6 Å². The third-order valence-corrected chi connectivity index (χ3v) is 3.47. The van der Waals surface area contributed by atoms with Crippen LogP contribution < -0.4 is 0 Å². The molecule has 0 saturated carbocycles. The fourth-order valence-corrected chi connectivity index (χ4v) is 1.81. The highest BCUT2D eigenvalue weighted by Crippen LogP contribution is 2.44. The first-order valence-electron chi connectivity index (χ1n) is 4.96. The summed E-state index contributed by atoms with van der Waals surface area (Å²) in [6, 6.07) is 10.0. The number of benzene rings is 1. The van der Waals surface area contributed by atoms with Gasteiger partial charge in [0, 0.05) is 26.3 Å². The topological polar surface area (TPSA) is 35.5 Å². The third kappa shape index (κ3) is 4.20. The van der Waals surface area contributed by atoms with Crippen molar-refractivity contribution in [1.82, 2.24) is 0 Å². The molecule has 0 radical (unpaired) electrons. The molecule has 0 aromatic heterocycles. The van der Waals surface area contributed by atoms with E-state index in [1.54, 1.807) is 0 Å². The van der Waals surface area contributed by atoms with Crippen molar-refractivity contribution in [2.24, 2.45) is 0 Å². The zero-order chi connectivity index (χ0) is 11.9. The number of hydrogen-bond donors (Lipinski definition) is 0. The summed E-state index contributed by atoms with van der Waals surface area (Å²) >= 11 is 0. The molecule has 86 valence electrons. The quantitative estimate of drug-likeness (QED) is 0.597. The first-order chi connectivity index (χ1) is 7.70. The molecule has 16 heavy (non-hydrogen) atoms. The molecule has 3 nitrogen and oxygen atoms in total. The van der Waals surface area contributed by atoms with E-state index in [1.807, 2.05) is 30.3 Å². The molecule has 1 aromatic carbocycles. The van der Waals surface area contributed by atoms with Gasteiger partial charge in [-0.05, 0) is 12.0 Å². The first kappa shape index (κ1) is 13.0. The first-order valence-corrected chi connectivity index (χ1v) is 6.50. The van der Waals surface area contributed by atoms with E-state index in [0.29, 0.717) is 6.42 Å². The van der Waals surface area contributed by atoms with Crippen molar-refractivity contribution < 1.29 is 13.6 Å². The van der Waals surface area contributed by atoms with Crippen molar-refractivity contribution in [3.63, 3.8) is 0 Å². The van der Waals surface area contributed by atoms with E-state index in [4.69, 9.17) is 9.05 Å². The Morgan fingerprint density at radius 3 is 2.38 bits per heavy atom. The van der Waals surface area contributed by atoms with Crippen LogP contribution in [0.25, 0.3) is 0 Å². The maximum Gasteiger partial charge on any atom is 0.405 e. The van der Waals surface area contributed by atoms with Crippen LogP contribution in [0.2, 0.25) is 0 Å². The second kappa shape index (κ2) is 6.50. The van der Waals surface area contributed by atoms with Gasteiger partial charge in [-0.15, -0.1) is 0 Å². The van der Waals surface area contributed by atoms with Crippen LogP contribution in [0.4, 0.5) is 0 Å². The summed E-state index contributed by atoms with van der Waals surface area (Å²) in [5, 5.41) is 0. The normalized spacial score (nSPS) is 10.6. The fraction of sp³-hybridized carbons (Fsp3) is 0.333. The molecule has 1 rings (SSSR count). The van der Waals surface area contributed by atoms with Crippen LogP contribution in [0.5, 0.6) is 0 Å². The molecule has 0 aliphatic heterocycles. The van der Waals surface area contributed by atoms with Crippen LogP contribution in [0.15, 0.2) is 30.3 Å². The zero-order valence-corrected chi connectivity index (χ0v) is 10.4. The van der Waals surface area contributed by atoms with Crippen molar-refractivity contribution >= 4 is 7.60 Å². The highest BCUT2D eigenvalue weighted by Gasteiger charge is 2.15. The Bertz CT molecular complexity index is 409. The summed E-state index contributed by atoms with van der Waals surface area (Å²) < 4.78 is 20.9. The van der Waals surface area contributed by atoms with E-state index in [2.05, 4.69) is 11.6 Å². The zero-order valence-electron chi connectivity index (χ0n) is 9.47. The molecule has 0 aliphatic carbocycles. The lowest BCUT2D eigenvalue weighted by molar-refractivity contribution is 0.288. The van der Waals surface area contributed by atoms with Gasteiger partial charge in [-0.2, -0.15) is 0 Å². The third-order valence-electron chi connectivity index (χ3n) is 2.08. The Labute approximate surface area is 96.3 Å². The molecule has 0 fully saturated rings. The summed E-state index contributed by atoms with van der Waals surface area (Å²) in [7, 11) is -0.504. The maximum atomic E-state index is 11.5. The summed E-state index contributed by atoms with van der Waals surface area (Å²) in [6.45, 7) is 0. The highest BCUT2D eigenvalue weighted by atomic mass is 31.2. The average molecular weight is 238 g/mol. The van der Waals surface area contributed by atoms with Gasteiger partial charge in [0.1, 0.15) is 0 Å². The minimum absolute atomic E-state index is 0.640. The maximum absolute atomic E-state index is 11.5. The van der Waals surface area contributed by atoms with Crippen LogP contribution in [0.1, 0.15) is 12.0 Å². The Morgan fingerprint density at radius 2 is 1.81 bits per heavy atom. The van der Waals surface area contributed by atoms with Crippen molar-refractivity contribution in [2.45, 2.75) is 12.8 Å². The van der Waals surface area contributed by atoms with E-state index in [1.165, 1.54) is 19.8 Å². The molecule has 0 saturated heterocycles. The molecule has 0 spiro atoms. The van der Waals surface area contributed by atoms with E-state index >= 15 is 0 Å². The Balaban J connectivity index is 2.47. The van der Waals surface area contributed by atoms with Crippen LogP contribution in [0, 0.1) is 11.6 Å². The molecule has 0 atom stereocenters. The fourth-order valence-electron chi connectivity index (χ4n) is 1.17. The van der Waals surface area contributed by atoms with Gasteiger partial charge in [-0.25, -0.2) is 4.57 Å². The largest absolute Gasteiger partial charge is 0.405 e. The van der Waals surface area contributed by atoms with E-state index in [0.717, 1.165) is 6.42 Å².